The summed E-state index contributed by atoms with van der Waals surface area (Å²) in [6, 6.07) is 8.25. The molecule has 26 heavy (non-hydrogen) atoms. The van der Waals surface area contributed by atoms with Crippen LogP contribution in [0.1, 0.15) is 97.0 Å². The van der Waals surface area contributed by atoms with Gasteiger partial charge in [0, 0.05) is 6.16 Å². The molecule has 0 heterocycles. The van der Waals surface area contributed by atoms with Gasteiger partial charge in [0.25, 0.3) is 0 Å². The summed E-state index contributed by atoms with van der Waals surface area (Å²) in [5, 5.41) is 0. The Balaban J connectivity index is 2.25. The van der Waals surface area contributed by atoms with Crippen molar-refractivity contribution >= 4 is 8.03 Å². The van der Waals surface area contributed by atoms with Crippen LogP contribution < -0.4 is 4.52 Å². The molecule has 150 valence electrons. The van der Waals surface area contributed by atoms with E-state index in [1.807, 2.05) is 12.1 Å². The van der Waals surface area contributed by atoms with E-state index in [0.29, 0.717) is 5.92 Å². The minimum atomic E-state index is -1.98. The highest BCUT2D eigenvalue weighted by Crippen LogP contribution is 2.32. The molecule has 2 atom stereocenters. The zero-order valence-electron chi connectivity index (χ0n) is 17.4. The Hall–Kier alpha value is -0.750. The maximum Gasteiger partial charge on any atom is 0.237 e. The Morgan fingerprint density at radius 3 is 2.08 bits per heavy atom. The van der Waals surface area contributed by atoms with Crippen molar-refractivity contribution in [3.05, 3.63) is 29.8 Å². The molecule has 0 amide bonds. The Kier molecular flexibility index (Phi) is 13.7. The van der Waals surface area contributed by atoms with Crippen molar-refractivity contribution in [2.45, 2.75) is 97.8 Å². The van der Waals surface area contributed by atoms with Crippen LogP contribution in [0, 0.1) is 5.92 Å². The van der Waals surface area contributed by atoms with Gasteiger partial charge in [0.1, 0.15) is 5.75 Å². The van der Waals surface area contributed by atoms with Crippen LogP contribution in [-0.2, 0) is 11.0 Å². The van der Waals surface area contributed by atoms with Gasteiger partial charge in [-0.25, -0.2) is 0 Å². The Bertz CT molecular complexity index is 470. The smallest absolute Gasteiger partial charge is 0.237 e. The number of aryl methyl sites for hydroxylation is 1. The number of hydrogen-bond donors (Lipinski definition) is 0. The highest BCUT2D eigenvalue weighted by atomic mass is 31.1. The first-order chi connectivity index (χ1) is 12.7. The SMILES string of the molecule is CCCCCCCCCc1ccc(O[PH](=O)CC(CC)CCCC)cc1. The second-order valence-corrected chi connectivity index (χ2v) is 8.97. The molecule has 0 fully saturated rings. The van der Waals surface area contributed by atoms with Crippen LogP contribution in [0.3, 0.4) is 0 Å². The lowest BCUT2D eigenvalue weighted by molar-refractivity contribution is 0.456. The van der Waals surface area contributed by atoms with Crippen molar-refractivity contribution in [1.29, 1.82) is 0 Å². The van der Waals surface area contributed by atoms with Crippen LogP contribution in [0.25, 0.3) is 0 Å². The standard InChI is InChI=1S/C23H41O2P/c1-4-7-9-10-11-12-13-15-22-16-18-23(19-17-22)25-26(24)20-21(6-3)14-8-5-2/h16-19,21,26H,4-15,20H2,1-3H3. The number of hydrogen-bond acceptors (Lipinski definition) is 2. The Morgan fingerprint density at radius 1 is 0.846 bits per heavy atom. The van der Waals surface area contributed by atoms with Crippen LogP contribution in [-0.4, -0.2) is 6.16 Å². The van der Waals surface area contributed by atoms with E-state index in [2.05, 4.69) is 32.9 Å². The second-order valence-electron chi connectivity index (χ2n) is 7.61. The molecule has 0 aromatic heterocycles. The molecule has 0 spiro atoms. The number of unbranched alkanes of at least 4 members (excludes halogenated alkanes) is 7. The van der Waals surface area contributed by atoms with Gasteiger partial charge in [0.15, 0.2) is 0 Å². The monoisotopic (exact) mass is 380 g/mol. The molecule has 1 rings (SSSR count). The molecule has 0 aliphatic carbocycles. The molecule has 0 bridgehead atoms. The molecule has 0 N–H and O–H groups in total. The van der Waals surface area contributed by atoms with E-state index in [1.165, 1.54) is 69.8 Å². The first-order valence-electron chi connectivity index (χ1n) is 11.0. The lowest BCUT2D eigenvalue weighted by atomic mass is 10.0. The lowest BCUT2D eigenvalue weighted by Gasteiger charge is -2.14. The van der Waals surface area contributed by atoms with Gasteiger partial charge < -0.3 is 4.52 Å². The molecule has 0 aliphatic rings. The van der Waals surface area contributed by atoms with E-state index in [1.54, 1.807) is 0 Å². The zero-order chi connectivity index (χ0) is 19.0. The summed E-state index contributed by atoms with van der Waals surface area (Å²) in [4.78, 5) is 0. The summed E-state index contributed by atoms with van der Waals surface area (Å²) >= 11 is 0. The van der Waals surface area contributed by atoms with E-state index in [0.717, 1.165) is 24.8 Å². The molecule has 0 radical (unpaired) electrons. The van der Waals surface area contributed by atoms with Gasteiger partial charge in [0.05, 0.1) is 0 Å². The molecule has 1 aromatic carbocycles. The summed E-state index contributed by atoms with van der Waals surface area (Å²) < 4.78 is 18.0. The van der Waals surface area contributed by atoms with Crippen molar-refractivity contribution in [2.75, 3.05) is 6.16 Å². The highest BCUT2D eigenvalue weighted by Gasteiger charge is 2.12. The molecule has 0 aliphatic heterocycles. The zero-order valence-corrected chi connectivity index (χ0v) is 18.4. The van der Waals surface area contributed by atoms with Crippen molar-refractivity contribution in [2.24, 2.45) is 5.92 Å². The maximum atomic E-state index is 12.3. The summed E-state index contributed by atoms with van der Waals surface area (Å²) in [6.07, 6.45) is 16.0. The van der Waals surface area contributed by atoms with E-state index in [4.69, 9.17) is 4.52 Å². The van der Waals surface area contributed by atoms with Crippen molar-refractivity contribution in [3.63, 3.8) is 0 Å². The molecule has 3 heteroatoms. The average Bonchev–Trinajstić information content (AvgIpc) is 2.65. The van der Waals surface area contributed by atoms with E-state index in [9.17, 15) is 4.57 Å². The average molecular weight is 381 g/mol. The van der Waals surface area contributed by atoms with Gasteiger partial charge >= 0.3 is 0 Å². The predicted octanol–water partition coefficient (Wildman–Crippen LogP) is 8.05. The van der Waals surface area contributed by atoms with Crippen molar-refractivity contribution in [3.8, 4) is 5.75 Å². The topological polar surface area (TPSA) is 26.3 Å². The Morgan fingerprint density at radius 2 is 1.46 bits per heavy atom. The third-order valence-corrected chi connectivity index (χ3v) is 6.60. The minimum absolute atomic E-state index is 0.540. The molecular weight excluding hydrogens is 339 g/mol. The molecule has 0 saturated carbocycles. The first kappa shape index (κ1) is 23.3. The molecule has 2 nitrogen and oxygen atoms in total. The summed E-state index contributed by atoms with van der Waals surface area (Å²) in [6.45, 7) is 6.66. The van der Waals surface area contributed by atoms with Crippen molar-refractivity contribution < 1.29 is 9.09 Å². The van der Waals surface area contributed by atoms with Gasteiger partial charge in [-0.2, -0.15) is 0 Å². The predicted molar refractivity (Wildman–Crippen MR) is 116 cm³/mol. The van der Waals surface area contributed by atoms with E-state index < -0.39 is 8.03 Å². The third-order valence-electron chi connectivity index (χ3n) is 5.22. The minimum Gasteiger partial charge on any atom is -0.445 e. The molecule has 2 unspecified atom stereocenters. The highest BCUT2D eigenvalue weighted by molar-refractivity contribution is 7.39. The quantitative estimate of drug-likeness (QED) is 0.214. The number of rotatable bonds is 16. The summed E-state index contributed by atoms with van der Waals surface area (Å²) in [5.41, 5.74) is 1.36. The van der Waals surface area contributed by atoms with Gasteiger partial charge in [-0.3, -0.25) is 4.57 Å². The first-order valence-corrected chi connectivity index (χ1v) is 12.5. The van der Waals surface area contributed by atoms with Crippen LogP contribution in [0.2, 0.25) is 0 Å². The molecule has 0 saturated heterocycles. The van der Waals surface area contributed by atoms with Crippen LogP contribution >= 0.6 is 8.03 Å². The summed E-state index contributed by atoms with van der Waals surface area (Å²) in [7, 11) is -1.98. The Labute approximate surface area is 163 Å². The largest absolute Gasteiger partial charge is 0.445 e. The van der Waals surface area contributed by atoms with Gasteiger partial charge in [-0.1, -0.05) is 90.7 Å². The fourth-order valence-corrected chi connectivity index (χ4v) is 4.81. The van der Waals surface area contributed by atoms with Crippen LogP contribution in [0.4, 0.5) is 0 Å². The van der Waals surface area contributed by atoms with Gasteiger partial charge in [-0.15, -0.1) is 0 Å². The van der Waals surface area contributed by atoms with Gasteiger partial charge in [0.2, 0.25) is 8.03 Å². The van der Waals surface area contributed by atoms with E-state index in [-0.39, 0.29) is 0 Å². The lowest BCUT2D eigenvalue weighted by Crippen LogP contribution is -2.03. The number of benzene rings is 1. The van der Waals surface area contributed by atoms with Crippen LogP contribution in [0.5, 0.6) is 5.75 Å². The van der Waals surface area contributed by atoms with Crippen LogP contribution in [0.15, 0.2) is 24.3 Å². The maximum absolute atomic E-state index is 12.3. The summed E-state index contributed by atoms with van der Waals surface area (Å²) in [5.74, 6) is 1.31. The molecular formula is C23H41O2P. The normalized spacial score (nSPS) is 13.5. The second kappa shape index (κ2) is 15.3. The molecule has 1 aromatic rings. The fourth-order valence-electron chi connectivity index (χ4n) is 3.36. The third kappa shape index (κ3) is 11.1. The van der Waals surface area contributed by atoms with Crippen molar-refractivity contribution in [1.82, 2.24) is 0 Å². The fraction of sp³-hybridized carbons (Fsp3) is 0.739. The van der Waals surface area contributed by atoms with E-state index >= 15 is 0 Å². The van der Waals surface area contributed by atoms with Gasteiger partial charge in [-0.05, 0) is 42.9 Å².